The quantitative estimate of drug-likeness (QED) is 0.311. The van der Waals surface area contributed by atoms with Crippen LogP contribution in [0.5, 0.6) is 0 Å². The van der Waals surface area contributed by atoms with Crippen LogP contribution < -0.4 is 0 Å². The minimum Gasteiger partial charge on any atom is -0.0971 e. The van der Waals surface area contributed by atoms with Gasteiger partial charge in [0, 0.05) is 0 Å². The maximum atomic E-state index is 2.85. The van der Waals surface area contributed by atoms with Crippen molar-refractivity contribution in [3.05, 3.63) is 0 Å². The fraction of sp³-hybridized carbons (Fsp3) is 1.00. The standard InChI is InChI=1S/C31H56P2/c1-25(32(26-15-6-2-7-16-26)27-17-8-3-9-18-27)30-23-14-24-31(30)33(28-19-10-4-11-20-28)29-21-12-5-13-22-29/h25-31H,2-24H2,1H3/t25?,30?,31-/m0/s1. The number of rotatable bonds is 7. The molecular formula is C31H56P2. The van der Waals surface area contributed by atoms with Crippen molar-refractivity contribution in [3.63, 3.8) is 0 Å². The summed E-state index contributed by atoms with van der Waals surface area (Å²) in [5.41, 5.74) is 6.93. The van der Waals surface area contributed by atoms with Crippen molar-refractivity contribution in [2.24, 2.45) is 5.92 Å². The Morgan fingerprint density at radius 1 is 0.424 bits per heavy atom. The van der Waals surface area contributed by atoms with Gasteiger partial charge < -0.3 is 0 Å². The summed E-state index contributed by atoms with van der Waals surface area (Å²) in [4.78, 5) is 0. The van der Waals surface area contributed by atoms with Crippen molar-refractivity contribution in [2.45, 2.75) is 189 Å². The Hall–Kier alpha value is 0.860. The molecule has 2 heteroatoms. The van der Waals surface area contributed by atoms with Crippen LogP contribution in [0.1, 0.15) is 155 Å². The van der Waals surface area contributed by atoms with E-state index in [4.69, 9.17) is 0 Å². The van der Waals surface area contributed by atoms with E-state index in [2.05, 4.69) is 6.92 Å². The highest BCUT2D eigenvalue weighted by Crippen LogP contribution is 2.68. The first-order chi connectivity index (χ1) is 16.3. The van der Waals surface area contributed by atoms with Gasteiger partial charge in [0.2, 0.25) is 0 Å². The topological polar surface area (TPSA) is 0 Å². The van der Waals surface area contributed by atoms with Crippen LogP contribution in [0.3, 0.4) is 0 Å². The lowest BCUT2D eigenvalue weighted by Crippen LogP contribution is -2.35. The monoisotopic (exact) mass is 490 g/mol. The Kier molecular flexibility index (Phi) is 9.97. The van der Waals surface area contributed by atoms with Gasteiger partial charge in [-0.05, 0) is 104 Å². The molecule has 5 rings (SSSR count). The summed E-state index contributed by atoms with van der Waals surface area (Å²) in [7, 11) is 0.536. The zero-order valence-electron chi connectivity index (χ0n) is 22.2. The van der Waals surface area contributed by atoms with Crippen LogP contribution in [-0.4, -0.2) is 34.0 Å². The first kappa shape index (κ1) is 25.5. The summed E-state index contributed by atoms with van der Waals surface area (Å²) < 4.78 is 0. The van der Waals surface area contributed by atoms with Crippen LogP contribution in [0.4, 0.5) is 0 Å². The predicted octanol–water partition coefficient (Wildman–Crippen LogP) is 10.8. The molecule has 0 heterocycles. The van der Waals surface area contributed by atoms with Crippen LogP contribution in [0.25, 0.3) is 0 Å². The van der Waals surface area contributed by atoms with Gasteiger partial charge in [-0.25, -0.2) is 0 Å². The fourth-order valence-corrected chi connectivity index (χ4v) is 19.2. The van der Waals surface area contributed by atoms with Crippen LogP contribution in [0.2, 0.25) is 0 Å². The average molecular weight is 491 g/mol. The van der Waals surface area contributed by atoms with E-state index in [9.17, 15) is 0 Å². The van der Waals surface area contributed by atoms with Crippen molar-refractivity contribution in [3.8, 4) is 0 Å². The summed E-state index contributed by atoms with van der Waals surface area (Å²) >= 11 is 0. The van der Waals surface area contributed by atoms with Gasteiger partial charge in [0.15, 0.2) is 0 Å². The van der Waals surface area contributed by atoms with Gasteiger partial charge in [0.25, 0.3) is 0 Å². The highest BCUT2D eigenvalue weighted by Gasteiger charge is 2.46. The van der Waals surface area contributed by atoms with E-state index >= 15 is 0 Å². The van der Waals surface area contributed by atoms with E-state index in [1.807, 2.05) is 0 Å². The smallest absolute Gasteiger partial charge is 0.0170 e. The van der Waals surface area contributed by atoms with Crippen molar-refractivity contribution in [1.82, 2.24) is 0 Å². The van der Waals surface area contributed by atoms with Crippen LogP contribution in [0, 0.1) is 5.92 Å². The fourth-order valence-electron chi connectivity index (χ4n) is 9.44. The van der Waals surface area contributed by atoms with E-state index in [0.29, 0.717) is 0 Å². The van der Waals surface area contributed by atoms with E-state index in [1.165, 1.54) is 17.0 Å². The maximum absolute atomic E-state index is 2.85. The molecule has 2 unspecified atom stereocenters. The third-order valence-electron chi connectivity index (χ3n) is 11.0. The molecule has 0 spiro atoms. The van der Waals surface area contributed by atoms with E-state index in [0.717, 1.165) is 22.9 Å². The van der Waals surface area contributed by atoms with Crippen LogP contribution in [-0.2, 0) is 0 Å². The Labute approximate surface area is 210 Å². The van der Waals surface area contributed by atoms with Gasteiger partial charge in [-0.1, -0.05) is 106 Å². The normalized spacial score (nSPS) is 33.2. The zero-order valence-corrected chi connectivity index (χ0v) is 24.0. The van der Waals surface area contributed by atoms with Gasteiger partial charge in [0.1, 0.15) is 0 Å². The lowest BCUT2D eigenvalue weighted by atomic mass is 9.99. The van der Waals surface area contributed by atoms with Crippen LogP contribution in [0.15, 0.2) is 0 Å². The summed E-state index contributed by atoms with van der Waals surface area (Å²) in [5, 5.41) is 0. The van der Waals surface area contributed by atoms with Crippen molar-refractivity contribution < 1.29 is 0 Å². The van der Waals surface area contributed by atoms with E-state index in [-0.39, 0.29) is 15.8 Å². The molecule has 0 aromatic rings. The molecule has 0 amide bonds. The second-order valence-electron chi connectivity index (χ2n) is 13.0. The summed E-state index contributed by atoms with van der Waals surface area (Å²) in [5.74, 6) is 1.13. The molecule has 0 bridgehead atoms. The minimum atomic E-state index is 0.255. The molecule has 5 aliphatic rings. The lowest BCUT2D eigenvalue weighted by molar-refractivity contribution is 0.456. The Morgan fingerprint density at radius 3 is 1.24 bits per heavy atom. The molecule has 0 nitrogen and oxygen atoms in total. The Morgan fingerprint density at radius 2 is 0.818 bits per heavy atom. The molecule has 33 heavy (non-hydrogen) atoms. The highest BCUT2D eigenvalue weighted by atomic mass is 31.1. The summed E-state index contributed by atoms with van der Waals surface area (Å²) in [6, 6.07) is 0. The van der Waals surface area contributed by atoms with Crippen molar-refractivity contribution in [1.29, 1.82) is 0 Å². The molecule has 5 fully saturated rings. The third kappa shape index (κ3) is 6.23. The molecule has 5 aliphatic carbocycles. The highest BCUT2D eigenvalue weighted by molar-refractivity contribution is 7.61. The molecule has 0 aliphatic heterocycles. The molecule has 0 aromatic heterocycles. The molecule has 0 N–H and O–H groups in total. The van der Waals surface area contributed by atoms with Gasteiger partial charge in [0.05, 0.1) is 0 Å². The summed E-state index contributed by atoms with van der Waals surface area (Å²) in [6.07, 6.45) is 36.5. The number of hydrogen-bond acceptors (Lipinski definition) is 0. The van der Waals surface area contributed by atoms with Gasteiger partial charge in [-0.15, -0.1) is 0 Å². The lowest BCUT2D eigenvalue weighted by Gasteiger charge is -2.48. The molecule has 3 atom stereocenters. The zero-order chi connectivity index (χ0) is 22.5. The Bertz CT molecular complexity index is 515. The third-order valence-corrected chi connectivity index (χ3v) is 19.2. The molecule has 5 saturated carbocycles. The van der Waals surface area contributed by atoms with Crippen molar-refractivity contribution >= 4 is 15.8 Å². The van der Waals surface area contributed by atoms with Crippen LogP contribution >= 0.6 is 15.8 Å². The Balaban J connectivity index is 1.37. The largest absolute Gasteiger partial charge is 0.0971 e. The first-order valence-corrected chi connectivity index (χ1v) is 19.0. The van der Waals surface area contributed by atoms with E-state index < -0.39 is 0 Å². The molecular weight excluding hydrogens is 434 g/mol. The SMILES string of the molecule is CC(C1CCC[C@@H]1P(C1CCCCC1)C1CCCCC1)P(C1CCCCC1)C1CCCCC1. The second-order valence-corrected chi connectivity index (χ2v) is 19.2. The molecule has 0 saturated heterocycles. The van der Waals surface area contributed by atoms with E-state index in [1.54, 1.807) is 148 Å². The number of hydrogen-bond donors (Lipinski definition) is 0. The molecule has 190 valence electrons. The minimum absolute atomic E-state index is 0.255. The summed E-state index contributed by atoms with van der Waals surface area (Å²) in [6.45, 7) is 2.85. The molecule has 0 aromatic carbocycles. The first-order valence-electron chi connectivity index (χ1n) is 15.9. The predicted molar refractivity (Wildman–Crippen MR) is 152 cm³/mol. The average Bonchev–Trinajstić information content (AvgIpc) is 3.36. The van der Waals surface area contributed by atoms with Gasteiger partial charge >= 0.3 is 0 Å². The molecule has 0 radical (unpaired) electrons. The van der Waals surface area contributed by atoms with Gasteiger partial charge in [-0.2, -0.15) is 0 Å². The second kappa shape index (κ2) is 12.9. The van der Waals surface area contributed by atoms with Gasteiger partial charge in [-0.3, -0.25) is 0 Å². The maximum Gasteiger partial charge on any atom is -0.0170 e. The van der Waals surface area contributed by atoms with Crippen molar-refractivity contribution in [2.75, 3.05) is 0 Å².